The van der Waals surface area contributed by atoms with Gasteiger partial charge in [-0.3, -0.25) is 4.79 Å². The molecule has 1 amide bonds. The minimum absolute atomic E-state index is 0.0416. The van der Waals surface area contributed by atoms with Crippen molar-refractivity contribution in [3.63, 3.8) is 0 Å². The molecule has 2 aromatic carbocycles. The minimum Gasteiger partial charge on any atom is -0.508 e. The van der Waals surface area contributed by atoms with Crippen molar-refractivity contribution in [2.75, 3.05) is 5.75 Å². The number of thioether (sulfide) groups is 1. The molecule has 2 aromatic rings. The van der Waals surface area contributed by atoms with Gasteiger partial charge in [-0.1, -0.05) is 35.3 Å². The molecule has 1 atom stereocenters. The summed E-state index contributed by atoms with van der Waals surface area (Å²) in [6.45, 7) is 0. The average molecular weight is 368 g/mol. The summed E-state index contributed by atoms with van der Waals surface area (Å²) < 4.78 is 0. The molecule has 0 fully saturated rings. The summed E-state index contributed by atoms with van der Waals surface area (Å²) in [4.78, 5) is 13.0. The molecule has 0 aromatic heterocycles. The Hall–Kier alpha value is -1.36. The third-order valence-electron chi connectivity index (χ3n) is 3.83. The zero-order chi connectivity index (χ0) is 16.4. The Bertz CT molecular complexity index is 751. The van der Waals surface area contributed by atoms with Crippen LogP contribution in [0, 0.1) is 0 Å². The quantitative estimate of drug-likeness (QED) is 0.776. The van der Waals surface area contributed by atoms with Crippen molar-refractivity contribution in [3.8, 4) is 5.75 Å². The van der Waals surface area contributed by atoms with E-state index in [-0.39, 0.29) is 17.7 Å². The first kappa shape index (κ1) is 16.5. The molecule has 1 aliphatic rings. The number of benzene rings is 2. The van der Waals surface area contributed by atoms with Crippen LogP contribution in [0.4, 0.5) is 0 Å². The number of phenols is 1. The molecule has 120 valence electrons. The standard InChI is InChI=1S/C17H15Cl2NO2S/c18-10-4-6-13(19)16(8-10)23-9-17(22)20-14-7-5-12-11(14)2-1-3-15(12)21/h1-4,6,8,14,21H,5,7,9H2,(H,20,22). The number of hydrogen-bond acceptors (Lipinski definition) is 3. The van der Waals surface area contributed by atoms with Gasteiger partial charge < -0.3 is 10.4 Å². The number of hydrogen-bond donors (Lipinski definition) is 2. The highest BCUT2D eigenvalue weighted by Crippen LogP contribution is 2.36. The van der Waals surface area contributed by atoms with Crippen LogP contribution < -0.4 is 5.32 Å². The van der Waals surface area contributed by atoms with Gasteiger partial charge in [0.1, 0.15) is 5.75 Å². The SMILES string of the molecule is O=C(CSc1cc(Cl)ccc1Cl)NC1CCc2c(O)cccc21. The van der Waals surface area contributed by atoms with Gasteiger partial charge >= 0.3 is 0 Å². The normalized spacial score (nSPS) is 16.2. The number of carbonyl (C=O) groups is 1. The summed E-state index contributed by atoms with van der Waals surface area (Å²) in [5, 5.41) is 14.0. The molecule has 1 aliphatic carbocycles. The second-order valence-electron chi connectivity index (χ2n) is 5.37. The predicted molar refractivity (Wildman–Crippen MR) is 94.5 cm³/mol. The van der Waals surface area contributed by atoms with Gasteiger partial charge in [-0.25, -0.2) is 0 Å². The number of fused-ring (bicyclic) bond motifs is 1. The number of halogens is 2. The summed E-state index contributed by atoms with van der Waals surface area (Å²) in [6, 6.07) is 10.6. The molecule has 1 unspecified atom stereocenters. The summed E-state index contributed by atoms with van der Waals surface area (Å²) in [7, 11) is 0. The third-order valence-corrected chi connectivity index (χ3v) is 5.57. The highest BCUT2D eigenvalue weighted by molar-refractivity contribution is 8.00. The molecule has 3 nitrogen and oxygen atoms in total. The Balaban J connectivity index is 1.61. The molecule has 0 bridgehead atoms. The van der Waals surface area contributed by atoms with Crippen LogP contribution in [0.2, 0.25) is 10.0 Å². The predicted octanol–water partition coefficient (Wildman–Crippen LogP) is 4.59. The first-order valence-electron chi connectivity index (χ1n) is 7.22. The van der Waals surface area contributed by atoms with Crippen molar-refractivity contribution in [1.29, 1.82) is 0 Å². The molecular weight excluding hydrogens is 353 g/mol. The van der Waals surface area contributed by atoms with Crippen LogP contribution in [0.15, 0.2) is 41.3 Å². The lowest BCUT2D eigenvalue weighted by Gasteiger charge is -2.14. The maximum atomic E-state index is 12.2. The van der Waals surface area contributed by atoms with E-state index >= 15 is 0 Å². The number of phenolic OH excluding ortho intramolecular Hbond substituents is 1. The maximum Gasteiger partial charge on any atom is 0.230 e. The van der Waals surface area contributed by atoms with Crippen molar-refractivity contribution in [1.82, 2.24) is 5.32 Å². The lowest BCUT2D eigenvalue weighted by Crippen LogP contribution is -2.28. The Kier molecular flexibility index (Phi) is 5.05. The van der Waals surface area contributed by atoms with Gasteiger partial charge in [0.05, 0.1) is 16.8 Å². The van der Waals surface area contributed by atoms with E-state index in [0.717, 1.165) is 28.9 Å². The van der Waals surface area contributed by atoms with E-state index in [1.165, 1.54) is 11.8 Å². The zero-order valence-electron chi connectivity index (χ0n) is 12.2. The first-order chi connectivity index (χ1) is 11.0. The van der Waals surface area contributed by atoms with Gasteiger partial charge in [-0.15, -0.1) is 11.8 Å². The van der Waals surface area contributed by atoms with E-state index in [9.17, 15) is 9.90 Å². The van der Waals surface area contributed by atoms with Gasteiger partial charge in [0, 0.05) is 9.92 Å². The summed E-state index contributed by atoms with van der Waals surface area (Å²) >= 11 is 13.4. The van der Waals surface area contributed by atoms with Crippen LogP contribution in [0.5, 0.6) is 5.75 Å². The highest BCUT2D eigenvalue weighted by Gasteiger charge is 2.25. The van der Waals surface area contributed by atoms with Crippen LogP contribution in [0.25, 0.3) is 0 Å². The summed E-state index contributed by atoms with van der Waals surface area (Å²) in [6.07, 6.45) is 1.58. The van der Waals surface area contributed by atoms with Crippen molar-refractivity contribution < 1.29 is 9.90 Å². The van der Waals surface area contributed by atoms with Crippen LogP contribution in [0.1, 0.15) is 23.6 Å². The summed E-state index contributed by atoms with van der Waals surface area (Å²) in [5.41, 5.74) is 1.94. The second kappa shape index (κ2) is 7.04. The fourth-order valence-corrected chi connectivity index (χ4v) is 4.06. The Morgan fingerprint density at radius 3 is 2.96 bits per heavy atom. The first-order valence-corrected chi connectivity index (χ1v) is 8.96. The van der Waals surface area contributed by atoms with E-state index in [1.54, 1.807) is 30.3 Å². The lowest BCUT2D eigenvalue weighted by atomic mass is 10.1. The molecule has 0 saturated heterocycles. The van der Waals surface area contributed by atoms with E-state index < -0.39 is 0 Å². The Labute approximate surface area is 149 Å². The fourth-order valence-electron chi connectivity index (χ4n) is 2.75. The number of rotatable bonds is 4. The van der Waals surface area contributed by atoms with Crippen molar-refractivity contribution in [2.45, 2.75) is 23.8 Å². The molecule has 3 rings (SSSR count). The van der Waals surface area contributed by atoms with Gasteiger partial charge in [0.15, 0.2) is 0 Å². The van der Waals surface area contributed by atoms with Crippen LogP contribution in [-0.2, 0) is 11.2 Å². The molecule has 0 radical (unpaired) electrons. The van der Waals surface area contributed by atoms with Crippen molar-refractivity contribution in [3.05, 3.63) is 57.6 Å². The topological polar surface area (TPSA) is 49.3 Å². The second-order valence-corrected chi connectivity index (χ2v) is 7.23. The number of carbonyl (C=O) groups excluding carboxylic acids is 1. The number of nitrogens with one attached hydrogen (secondary N) is 1. The zero-order valence-corrected chi connectivity index (χ0v) is 14.5. The molecule has 23 heavy (non-hydrogen) atoms. The monoisotopic (exact) mass is 367 g/mol. The van der Waals surface area contributed by atoms with Gasteiger partial charge in [0.2, 0.25) is 5.91 Å². The van der Waals surface area contributed by atoms with E-state index in [1.807, 2.05) is 6.07 Å². The molecule has 0 saturated carbocycles. The Morgan fingerprint density at radius 1 is 1.30 bits per heavy atom. The molecule has 0 aliphatic heterocycles. The number of aromatic hydroxyl groups is 1. The molecule has 0 heterocycles. The Morgan fingerprint density at radius 2 is 2.13 bits per heavy atom. The molecule has 2 N–H and O–H groups in total. The minimum atomic E-state index is -0.0627. The van der Waals surface area contributed by atoms with Gasteiger partial charge in [-0.05, 0) is 48.2 Å². The van der Waals surface area contributed by atoms with Crippen LogP contribution >= 0.6 is 35.0 Å². The maximum absolute atomic E-state index is 12.2. The largest absolute Gasteiger partial charge is 0.508 e. The molecule has 0 spiro atoms. The molecular formula is C17H15Cl2NO2S. The number of amides is 1. The van der Waals surface area contributed by atoms with E-state index in [4.69, 9.17) is 23.2 Å². The fraction of sp³-hybridized carbons (Fsp3) is 0.235. The van der Waals surface area contributed by atoms with E-state index in [2.05, 4.69) is 5.32 Å². The van der Waals surface area contributed by atoms with Crippen LogP contribution in [0.3, 0.4) is 0 Å². The van der Waals surface area contributed by atoms with Crippen molar-refractivity contribution in [2.24, 2.45) is 0 Å². The smallest absolute Gasteiger partial charge is 0.230 e. The van der Waals surface area contributed by atoms with E-state index in [0.29, 0.717) is 15.8 Å². The third kappa shape index (κ3) is 3.77. The summed E-state index contributed by atoms with van der Waals surface area (Å²) in [5.74, 6) is 0.511. The van der Waals surface area contributed by atoms with Crippen molar-refractivity contribution >= 4 is 40.9 Å². The van der Waals surface area contributed by atoms with Gasteiger partial charge in [0.25, 0.3) is 0 Å². The lowest BCUT2D eigenvalue weighted by molar-refractivity contribution is -0.119. The van der Waals surface area contributed by atoms with Crippen LogP contribution in [-0.4, -0.2) is 16.8 Å². The van der Waals surface area contributed by atoms with Gasteiger partial charge in [-0.2, -0.15) is 0 Å². The molecule has 6 heteroatoms. The highest BCUT2D eigenvalue weighted by atomic mass is 35.5. The average Bonchev–Trinajstić information content (AvgIpc) is 2.93.